The molecule has 0 unspecified atom stereocenters. The first kappa shape index (κ1) is 20.2. The fourth-order valence-corrected chi connectivity index (χ4v) is 2.20. The number of rotatable bonds is 7. The van der Waals surface area contributed by atoms with Crippen molar-refractivity contribution in [2.45, 2.75) is 18.8 Å². The highest BCUT2D eigenvalue weighted by Gasteiger charge is 2.38. The van der Waals surface area contributed by atoms with Crippen molar-refractivity contribution in [3.05, 3.63) is 17.7 Å². The van der Waals surface area contributed by atoms with Crippen molar-refractivity contribution in [2.75, 3.05) is 38.8 Å². The molecule has 0 atom stereocenters. The summed E-state index contributed by atoms with van der Waals surface area (Å²) in [5, 5.41) is 0. The van der Waals surface area contributed by atoms with Crippen LogP contribution < -0.4 is 20.1 Å². The summed E-state index contributed by atoms with van der Waals surface area (Å²) >= 11 is 0. The first-order chi connectivity index (χ1) is 11.0. The lowest BCUT2D eigenvalue weighted by Gasteiger charge is -2.29. The Morgan fingerprint density at radius 3 is 1.79 bits per heavy atom. The number of halogens is 6. The molecule has 4 nitrogen and oxygen atoms in total. The van der Waals surface area contributed by atoms with Crippen molar-refractivity contribution in [2.24, 2.45) is 5.73 Å². The van der Waals surface area contributed by atoms with Gasteiger partial charge in [0.2, 0.25) is 0 Å². The Balaban J connectivity index is 3.38. The summed E-state index contributed by atoms with van der Waals surface area (Å²) in [5.74, 6) is 0.0262. The van der Waals surface area contributed by atoms with E-state index in [4.69, 9.17) is 15.2 Å². The molecule has 1 aromatic rings. The SMILES string of the molecule is COc1cc(N(CC(F)(F)F)CC(F)(F)F)c(OC)cc1CCN. The molecule has 0 amide bonds. The van der Waals surface area contributed by atoms with Crippen LogP contribution in [0.4, 0.5) is 32.0 Å². The molecule has 0 aromatic heterocycles. The van der Waals surface area contributed by atoms with E-state index in [1.165, 1.54) is 13.2 Å². The first-order valence-electron chi connectivity index (χ1n) is 6.84. The summed E-state index contributed by atoms with van der Waals surface area (Å²) in [6.45, 7) is -3.32. The van der Waals surface area contributed by atoms with Crippen LogP contribution in [0.5, 0.6) is 11.5 Å². The molecular weight excluding hydrogens is 342 g/mol. The molecule has 2 N–H and O–H groups in total. The molecule has 138 valence electrons. The number of alkyl halides is 6. The number of benzene rings is 1. The summed E-state index contributed by atoms with van der Waals surface area (Å²) in [4.78, 5) is 0.160. The Hall–Kier alpha value is -1.84. The number of methoxy groups -OCH3 is 2. The van der Waals surface area contributed by atoms with Crippen LogP contribution in [0.1, 0.15) is 5.56 Å². The summed E-state index contributed by atoms with van der Waals surface area (Å²) in [7, 11) is 2.43. The number of ether oxygens (including phenoxy) is 2. The van der Waals surface area contributed by atoms with E-state index in [0.29, 0.717) is 12.0 Å². The van der Waals surface area contributed by atoms with E-state index in [2.05, 4.69) is 0 Å². The van der Waals surface area contributed by atoms with E-state index in [9.17, 15) is 26.3 Å². The Morgan fingerprint density at radius 2 is 1.42 bits per heavy atom. The van der Waals surface area contributed by atoms with Gasteiger partial charge in [0.1, 0.15) is 24.6 Å². The quantitative estimate of drug-likeness (QED) is 0.759. The van der Waals surface area contributed by atoms with Crippen molar-refractivity contribution >= 4 is 5.69 Å². The Bertz CT molecular complexity index is 529. The summed E-state index contributed by atoms with van der Waals surface area (Å²) in [5.41, 5.74) is 5.61. The molecule has 0 saturated heterocycles. The second kappa shape index (κ2) is 7.82. The van der Waals surface area contributed by atoms with E-state index in [0.717, 1.165) is 13.2 Å². The second-order valence-corrected chi connectivity index (χ2v) is 4.96. The number of nitrogens with zero attached hydrogens (tertiary/aromatic N) is 1. The minimum Gasteiger partial charge on any atom is -0.496 e. The van der Waals surface area contributed by atoms with Gasteiger partial charge in [0.05, 0.1) is 19.9 Å². The lowest BCUT2D eigenvalue weighted by atomic mass is 10.1. The zero-order valence-electron chi connectivity index (χ0n) is 13.1. The van der Waals surface area contributed by atoms with E-state index in [-0.39, 0.29) is 28.6 Å². The molecule has 0 fully saturated rings. The average molecular weight is 360 g/mol. The van der Waals surface area contributed by atoms with Crippen molar-refractivity contribution < 1.29 is 35.8 Å². The number of anilines is 1. The van der Waals surface area contributed by atoms with Gasteiger partial charge in [0.15, 0.2) is 0 Å². The summed E-state index contributed by atoms with van der Waals surface area (Å²) in [6, 6.07) is 2.43. The van der Waals surface area contributed by atoms with E-state index in [1.807, 2.05) is 0 Å². The highest BCUT2D eigenvalue weighted by atomic mass is 19.4. The van der Waals surface area contributed by atoms with Crippen molar-refractivity contribution in [3.63, 3.8) is 0 Å². The van der Waals surface area contributed by atoms with Crippen molar-refractivity contribution in [3.8, 4) is 11.5 Å². The summed E-state index contributed by atoms with van der Waals surface area (Å²) < 4.78 is 86.1. The van der Waals surface area contributed by atoms with Gasteiger partial charge >= 0.3 is 12.4 Å². The van der Waals surface area contributed by atoms with Crippen molar-refractivity contribution in [1.82, 2.24) is 0 Å². The highest BCUT2D eigenvalue weighted by molar-refractivity contribution is 5.64. The molecule has 0 aliphatic rings. The fraction of sp³-hybridized carbons (Fsp3) is 0.571. The largest absolute Gasteiger partial charge is 0.496 e. The van der Waals surface area contributed by atoms with E-state index in [1.54, 1.807) is 0 Å². The van der Waals surface area contributed by atoms with Gasteiger partial charge < -0.3 is 20.1 Å². The number of nitrogens with two attached hydrogens (primary N) is 1. The monoisotopic (exact) mass is 360 g/mol. The van der Waals surface area contributed by atoms with Gasteiger partial charge in [-0.3, -0.25) is 0 Å². The average Bonchev–Trinajstić information content (AvgIpc) is 2.43. The lowest BCUT2D eigenvalue weighted by molar-refractivity contribution is -0.137. The fourth-order valence-electron chi connectivity index (χ4n) is 2.20. The number of hydrogen-bond donors (Lipinski definition) is 1. The Labute approximate surface area is 135 Å². The maximum atomic E-state index is 12.7. The van der Waals surface area contributed by atoms with Crippen LogP contribution in [0.25, 0.3) is 0 Å². The molecular formula is C14H18F6N2O2. The maximum absolute atomic E-state index is 12.7. The third-order valence-corrected chi connectivity index (χ3v) is 3.08. The normalized spacial score (nSPS) is 12.2. The van der Waals surface area contributed by atoms with Crippen LogP contribution >= 0.6 is 0 Å². The van der Waals surface area contributed by atoms with Crippen LogP contribution in [0.2, 0.25) is 0 Å². The molecule has 0 saturated carbocycles. The number of hydrogen-bond acceptors (Lipinski definition) is 4. The first-order valence-corrected chi connectivity index (χ1v) is 6.84. The molecule has 0 aliphatic carbocycles. The molecule has 0 bridgehead atoms. The predicted molar refractivity (Wildman–Crippen MR) is 76.6 cm³/mol. The van der Waals surface area contributed by atoms with Crippen LogP contribution in [-0.4, -0.2) is 46.2 Å². The zero-order chi connectivity index (χ0) is 18.5. The Kier molecular flexibility index (Phi) is 6.58. The minimum atomic E-state index is -4.82. The highest BCUT2D eigenvalue weighted by Crippen LogP contribution is 2.38. The molecule has 0 radical (unpaired) electrons. The van der Waals surface area contributed by atoms with Gasteiger partial charge in [-0.15, -0.1) is 0 Å². The minimum absolute atomic E-state index is 0.118. The van der Waals surface area contributed by atoms with Gasteiger partial charge in [-0.2, -0.15) is 26.3 Å². The van der Waals surface area contributed by atoms with Gasteiger partial charge in [-0.05, 0) is 24.6 Å². The standard InChI is InChI=1S/C14H18F6N2O2/c1-23-11-6-10(12(24-2)5-9(11)3-4-21)22(7-13(15,16)17)8-14(18,19)20/h5-6H,3-4,7-8,21H2,1-2H3. The van der Waals surface area contributed by atoms with Crippen LogP contribution in [0.15, 0.2) is 12.1 Å². The lowest BCUT2D eigenvalue weighted by Crippen LogP contribution is -2.40. The maximum Gasteiger partial charge on any atom is 0.405 e. The predicted octanol–water partition coefficient (Wildman–Crippen LogP) is 3.14. The van der Waals surface area contributed by atoms with Gasteiger partial charge in [0.25, 0.3) is 0 Å². The molecule has 0 heterocycles. The van der Waals surface area contributed by atoms with Crippen molar-refractivity contribution in [1.29, 1.82) is 0 Å². The summed E-state index contributed by atoms with van der Waals surface area (Å²) in [6.07, 6.45) is -9.31. The molecule has 0 aliphatic heterocycles. The van der Waals surface area contributed by atoms with Gasteiger partial charge in [-0.1, -0.05) is 0 Å². The zero-order valence-corrected chi connectivity index (χ0v) is 13.1. The second-order valence-electron chi connectivity index (χ2n) is 4.96. The van der Waals surface area contributed by atoms with Gasteiger partial charge in [0, 0.05) is 6.07 Å². The smallest absolute Gasteiger partial charge is 0.405 e. The van der Waals surface area contributed by atoms with Gasteiger partial charge in [-0.25, -0.2) is 0 Å². The van der Waals surface area contributed by atoms with Crippen LogP contribution in [-0.2, 0) is 6.42 Å². The van der Waals surface area contributed by atoms with E-state index >= 15 is 0 Å². The molecule has 1 aromatic carbocycles. The third kappa shape index (κ3) is 5.99. The van der Waals surface area contributed by atoms with Crippen LogP contribution in [0, 0.1) is 0 Å². The Morgan fingerprint density at radius 1 is 0.917 bits per heavy atom. The van der Waals surface area contributed by atoms with E-state index < -0.39 is 25.4 Å². The molecule has 1 rings (SSSR count). The molecule has 24 heavy (non-hydrogen) atoms. The van der Waals surface area contributed by atoms with Crippen LogP contribution in [0.3, 0.4) is 0 Å². The topological polar surface area (TPSA) is 47.7 Å². The molecule has 0 spiro atoms. The third-order valence-electron chi connectivity index (χ3n) is 3.08. The molecule has 10 heteroatoms.